The van der Waals surface area contributed by atoms with Crippen LogP contribution in [-0.2, 0) is 4.79 Å². The molecule has 1 fully saturated rings. The van der Waals surface area contributed by atoms with Crippen LogP contribution in [0.5, 0.6) is 0 Å². The molecule has 0 aromatic heterocycles. The van der Waals surface area contributed by atoms with Crippen LogP contribution >= 0.6 is 11.8 Å². The predicted octanol–water partition coefficient (Wildman–Crippen LogP) is 4.58. The minimum Gasteiger partial charge on any atom is -0.352 e. The number of rotatable bonds is 5. The molecule has 0 radical (unpaired) electrons. The van der Waals surface area contributed by atoms with Gasteiger partial charge in [-0.05, 0) is 30.5 Å². The normalized spacial score (nSPS) is 16.4. The Morgan fingerprint density at radius 1 is 0.955 bits per heavy atom. The Balaban J connectivity index is 1.77. The first-order valence-corrected chi connectivity index (χ1v) is 8.78. The van der Waals surface area contributed by atoms with Crippen molar-refractivity contribution in [1.29, 1.82) is 0 Å². The lowest BCUT2D eigenvalue weighted by atomic mass is 10.1. The quantitative estimate of drug-likeness (QED) is 0.819. The van der Waals surface area contributed by atoms with Gasteiger partial charge in [0.1, 0.15) is 5.25 Å². The Morgan fingerprint density at radius 2 is 1.55 bits per heavy atom. The first kappa shape index (κ1) is 15.2. The van der Waals surface area contributed by atoms with Gasteiger partial charge in [0.05, 0.1) is 0 Å². The van der Waals surface area contributed by atoms with E-state index < -0.39 is 0 Å². The molecule has 0 bridgehead atoms. The van der Waals surface area contributed by atoms with Crippen molar-refractivity contribution in [1.82, 2.24) is 5.32 Å². The molecule has 0 heterocycles. The number of nitrogens with one attached hydrogen (secondary N) is 1. The van der Waals surface area contributed by atoms with Gasteiger partial charge < -0.3 is 5.32 Å². The maximum Gasteiger partial charge on any atom is 0.238 e. The highest BCUT2D eigenvalue weighted by atomic mass is 32.2. The van der Waals surface area contributed by atoms with Gasteiger partial charge in [-0.15, -0.1) is 11.8 Å². The minimum absolute atomic E-state index is 0.131. The topological polar surface area (TPSA) is 29.1 Å². The zero-order chi connectivity index (χ0) is 15.2. The standard InChI is InChI=1S/C19H21NOS/c21-19(20-16-11-7-8-12-16)18(15-9-3-1-4-10-15)22-17-13-5-2-6-14-17/h1-6,9-10,13-14,16,18H,7-8,11-12H2,(H,20,21). The van der Waals surface area contributed by atoms with E-state index in [9.17, 15) is 4.79 Å². The molecule has 114 valence electrons. The molecule has 0 saturated heterocycles. The van der Waals surface area contributed by atoms with E-state index in [0.29, 0.717) is 6.04 Å². The summed E-state index contributed by atoms with van der Waals surface area (Å²) in [6, 6.07) is 20.6. The van der Waals surface area contributed by atoms with Crippen LogP contribution in [0, 0.1) is 0 Å². The van der Waals surface area contributed by atoms with Gasteiger partial charge in [-0.25, -0.2) is 0 Å². The van der Waals surface area contributed by atoms with Gasteiger partial charge in [0.25, 0.3) is 0 Å². The third-order valence-electron chi connectivity index (χ3n) is 4.04. The molecule has 1 saturated carbocycles. The second-order valence-electron chi connectivity index (χ2n) is 5.71. The number of carbonyl (C=O) groups excluding carboxylic acids is 1. The summed E-state index contributed by atoms with van der Waals surface area (Å²) >= 11 is 1.62. The van der Waals surface area contributed by atoms with Crippen molar-refractivity contribution in [2.75, 3.05) is 0 Å². The summed E-state index contributed by atoms with van der Waals surface area (Å²) in [7, 11) is 0. The van der Waals surface area contributed by atoms with Gasteiger partial charge in [-0.3, -0.25) is 4.79 Å². The molecule has 3 rings (SSSR count). The van der Waals surface area contributed by atoms with Crippen molar-refractivity contribution in [2.24, 2.45) is 0 Å². The molecule has 1 aliphatic carbocycles. The molecular weight excluding hydrogens is 290 g/mol. The van der Waals surface area contributed by atoms with Crippen LogP contribution in [-0.4, -0.2) is 11.9 Å². The van der Waals surface area contributed by atoms with Crippen molar-refractivity contribution in [2.45, 2.75) is 41.9 Å². The van der Waals surface area contributed by atoms with Crippen LogP contribution < -0.4 is 5.32 Å². The van der Waals surface area contributed by atoms with Gasteiger partial charge in [-0.1, -0.05) is 61.4 Å². The Bertz CT molecular complexity index is 593. The molecular formula is C19H21NOS. The van der Waals surface area contributed by atoms with E-state index in [4.69, 9.17) is 0 Å². The summed E-state index contributed by atoms with van der Waals surface area (Å²) in [5, 5.41) is 3.05. The monoisotopic (exact) mass is 311 g/mol. The first-order valence-electron chi connectivity index (χ1n) is 7.90. The van der Waals surface area contributed by atoms with Gasteiger partial charge >= 0.3 is 0 Å². The largest absolute Gasteiger partial charge is 0.352 e. The summed E-state index contributed by atoms with van der Waals surface area (Å²) in [6.45, 7) is 0. The molecule has 1 atom stereocenters. The molecule has 2 aromatic carbocycles. The third kappa shape index (κ3) is 3.92. The van der Waals surface area contributed by atoms with E-state index >= 15 is 0 Å². The Kier molecular flexibility index (Phi) is 5.17. The van der Waals surface area contributed by atoms with E-state index in [2.05, 4.69) is 17.4 Å². The average molecular weight is 311 g/mol. The number of hydrogen-bond acceptors (Lipinski definition) is 2. The molecule has 2 nitrogen and oxygen atoms in total. The number of thioether (sulfide) groups is 1. The van der Waals surface area contributed by atoms with E-state index in [1.807, 2.05) is 48.5 Å². The van der Waals surface area contributed by atoms with Crippen LogP contribution in [0.1, 0.15) is 36.5 Å². The minimum atomic E-state index is -0.191. The summed E-state index contributed by atoms with van der Waals surface area (Å²) in [5.74, 6) is 0.131. The average Bonchev–Trinajstić information content (AvgIpc) is 3.07. The SMILES string of the molecule is O=C(NC1CCCC1)C(Sc1ccccc1)c1ccccc1. The van der Waals surface area contributed by atoms with E-state index in [0.717, 1.165) is 23.3 Å². The van der Waals surface area contributed by atoms with Crippen LogP contribution in [0.15, 0.2) is 65.6 Å². The maximum absolute atomic E-state index is 12.8. The summed E-state index contributed by atoms with van der Waals surface area (Å²) in [4.78, 5) is 13.9. The van der Waals surface area contributed by atoms with Crippen LogP contribution in [0.4, 0.5) is 0 Å². The summed E-state index contributed by atoms with van der Waals surface area (Å²) < 4.78 is 0. The Labute approximate surface area is 136 Å². The third-order valence-corrected chi connectivity index (χ3v) is 5.31. The van der Waals surface area contributed by atoms with E-state index in [1.165, 1.54) is 12.8 Å². The smallest absolute Gasteiger partial charge is 0.238 e. The first-order chi connectivity index (χ1) is 10.8. The maximum atomic E-state index is 12.8. The lowest BCUT2D eigenvalue weighted by Crippen LogP contribution is -2.35. The molecule has 0 spiro atoms. The van der Waals surface area contributed by atoms with Crippen molar-refractivity contribution < 1.29 is 4.79 Å². The number of carbonyl (C=O) groups is 1. The molecule has 1 aliphatic rings. The lowest BCUT2D eigenvalue weighted by Gasteiger charge is -2.20. The van der Waals surface area contributed by atoms with Crippen molar-refractivity contribution in [3.8, 4) is 0 Å². The van der Waals surface area contributed by atoms with Crippen molar-refractivity contribution in [3.63, 3.8) is 0 Å². The molecule has 0 aliphatic heterocycles. The summed E-state index contributed by atoms with van der Waals surface area (Å²) in [6.07, 6.45) is 4.69. The number of benzene rings is 2. The lowest BCUT2D eigenvalue weighted by molar-refractivity contribution is -0.121. The fourth-order valence-electron chi connectivity index (χ4n) is 2.88. The Morgan fingerprint density at radius 3 is 2.18 bits per heavy atom. The Hall–Kier alpha value is -1.74. The van der Waals surface area contributed by atoms with Crippen molar-refractivity contribution in [3.05, 3.63) is 66.2 Å². The highest BCUT2D eigenvalue weighted by Gasteiger charge is 2.25. The predicted molar refractivity (Wildman–Crippen MR) is 91.9 cm³/mol. The molecule has 1 N–H and O–H groups in total. The van der Waals surface area contributed by atoms with Gasteiger partial charge in [0.15, 0.2) is 0 Å². The second-order valence-corrected chi connectivity index (χ2v) is 6.89. The van der Waals surface area contributed by atoms with Crippen LogP contribution in [0.25, 0.3) is 0 Å². The van der Waals surface area contributed by atoms with Gasteiger partial charge in [-0.2, -0.15) is 0 Å². The van der Waals surface area contributed by atoms with E-state index in [1.54, 1.807) is 11.8 Å². The zero-order valence-corrected chi connectivity index (χ0v) is 13.4. The molecule has 3 heteroatoms. The fourth-order valence-corrected chi connectivity index (χ4v) is 3.94. The van der Waals surface area contributed by atoms with Crippen molar-refractivity contribution >= 4 is 17.7 Å². The molecule has 2 aromatic rings. The van der Waals surface area contributed by atoms with E-state index in [-0.39, 0.29) is 11.2 Å². The second kappa shape index (κ2) is 7.50. The zero-order valence-electron chi connectivity index (χ0n) is 12.6. The van der Waals surface area contributed by atoms with Crippen LogP contribution in [0.3, 0.4) is 0 Å². The fraction of sp³-hybridized carbons (Fsp3) is 0.316. The highest BCUT2D eigenvalue weighted by molar-refractivity contribution is 8.00. The molecule has 1 amide bonds. The molecule has 1 unspecified atom stereocenters. The number of hydrogen-bond donors (Lipinski definition) is 1. The molecule has 22 heavy (non-hydrogen) atoms. The summed E-state index contributed by atoms with van der Waals surface area (Å²) in [5.41, 5.74) is 1.06. The highest BCUT2D eigenvalue weighted by Crippen LogP contribution is 2.35. The number of amides is 1. The van der Waals surface area contributed by atoms with Crippen LogP contribution in [0.2, 0.25) is 0 Å². The van der Waals surface area contributed by atoms with Gasteiger partial charge in [0, 0.05) is 10.9 Å². The van der Waals surface area contributed by atoms with Gasteiger partial charge in [0.2, 0.25) is 5.91 Å².